The molecular formula is C20H24F2N4O2. The second-order valence-corrected chi connectivity index (χ2v) is 7.66. The fraction of sp³-hybridized carbons (Fsp3) is 0.450. The van der Waals surface area contributed by atoms with Gasteiger partial charge in [0.15, 0.2) is 11.6 Å². The Morgan fingerprint density at radius 2 is 1.93 bits per heavy atom. The molecule has 3 rings (SSSR count). The topological polar surface area (TPSA) is 78.4 Å². The highest BCUT2D eigenvalue weighted by atomic mass is 19.1. The summed E-state index contributed by atoms with van der Waals surface area (Å²) in [7, 11) is 0. The molecule has 2 N–H and O–H groups in total. The van der Waals surface area contributed by atoms with Gasteiger partial charge in [-0.2, -0.15) is 0 Å². The Bertz CT molecular complexity index is 866. The molecule has 150 valence electrons. The van der Waals surface area contributed by atoms with Crippen molar-refractivity contribution in [3.05, 3.63) is 41.7 Å². The Labute approximate surface area is 162 Å². The summed E-state index contributed by atoms with van der Waals surface area (Å²) in [5.41, 5.74) is -0.0149. The minimum atomic E-state index is -1.06. The SMILES string of the molecule is Cc1cc(F)c(NC(=O)N2CCCCC2C(C)(C)O)cc1-c1ncc(F)cn1. The highest BCUT2D eigenvalue weighted by Gasteiger charge is 2.37. The van der Waals surface area contributed by atoms with Crippen molar-refractivity contribution in [2.24, 2.45) is 0 Å². The van der Waals surface area contributed by atoms with Crippen LogP contribution in [-0.4, -0.2) is 44.2 Å². The van der Waals surface area contributed by atoms with Crippen LogP contribution in [0.15, 0.2) is 24.5 Å². The van der Waals surface area contributed by atoms with Crippen LogP contribution in [0, 0.1) is 18.6 Å². The first kappa shape index (κ1) is 20.1. The second kappa shape index (κ2) is 7.79. The van der Waals surface area contributed by atoms with E-state index in [0.717, 1.165) is 25.2 Å². The number of benzene rings is 1. The molecule has 1 aliphatic heterocycles. The first-order valence-corrected chi connectivity index (χ1v) is 9.25. The molecule has 0 bridgehead atoms. The lowest BCUT2D eigenvalue weighted by Crippen LogP contribution is -2.55. The maximum atomic E-state index is 14.5. The number of piperidine rings is 1. The van der Waals surface area contributed by atoms with E-state index in [2.05, 4.69) is 15.3 Å². The molecule has 0 spiro atoms. The van der Waals surface area contributed by atoms with Crippen LogP contribution in [0.3, 0.4) is 0 Å². The van der Waals surface area contributed by atoms with Crippen LogP contribution in [0.1, 0.15) is 38.7 Å². The van der Waals surface area contributed by atoms with E-state index in [4.69, 9.17) is 0 Å². The van der Waals surface area contributed by atoms with Crippen LogP contribution < -0.4 is 5.32 Å². The number of halogens is 2. The van der Waals surface area contributed by atoms with Crippen molar-refractivity contribution >= 4 is 11.7 Å². The fourth-order valence-corrected chi connectivity index (χ4v) is 3.56. The van der Waals surface area contributed by atoms with Crippen LogP contribution in [0.25, 0.3) is 11.4 Å². The van der Waals surface area contributed by atoms with Crippen molar-refractivity contribution in [2.45, 2.75) is 51.7 Å². The van der Waals surface area contributed by atoms with Crippen molar-refractivity contribution in [2.75, 3.05) is 11.9 Å². The van der Waals surface area contributed by atoms with Gasteiger partial charge >= 0.3 is 6.03 Å². The van der Waals surface area contributed by atoms with Crippen LogP contribution in [-0.2, 0) is 0 Å². The lowest BCUT2D eigenvalue weighted by atomic mass is 9.89. The number of carbonyl (C=O) groups is 1. The van der Waals surface area contributed by atoms with E-state index in [-0.39, 0.29) is 17.6 Å². The van der Waals surface area contributed by atoms with Crippen LogP contribution in [0.4, 0.5) is 19.3 Å². The number of aromatic nitrogens is 2. The minimum Gasteiger partial charge on any atom is -0.388 e. The molecule has 6 nitrogen and oxygen atoms in total. The number of likely N-dealkylation sites (tertiary alicyclic amines) is 1. The standard InChI is InChI=1S/C20H24F2N4O2/c1-12-8-15(22)16(9-14(12)18-23-10-13(21)11-24-18)25-19(27)26-7-5-4-6-17(26)20(2,3)28/h8-11,17,28H,4-7H2,1-3H3,(H,25,27). The Morgan fingerprint density at radius 1 is 1.25 bits per heavy atom. The molecule has 1 aromatic heterocycles. The van der Waals surface area contributed by atoms with Gasteiger partial charge < -0.3 is 15.3 Å². The largest absolute Gasteiger partial charge is 0.388 e. The van der Waals surface area contributed by atoms with Crippen LogP contribution >= 0.6 is 0 Å². The maximum absolute atomic E-state index is 14.5. The van der Waals surface area contributed by atoms with Gasteiger partial charge in [0.2, 0.25) is 0 Å². The van der Waals surface area contributed by atoms with Gasteiger partial charge in [-0.3, -0.25) is 0 Å². The van der Waals surface area contributed by atoms with E-state index in [1.807, 2.05) is 0 Å². The fourth-order valence-electron chi connectivity index (χ4n) is 3.56. The van der Waals surface area contributed by atoms with Crippen molar-refractivity contribution in [1.29, 1.82) is 0 Å². The summed E-state index contributed by atoms with van der Waals surface area (Å²) < 4.78 is 27.6. The van der Waals surface area contributed by atoms with Crippen LogP contribution in [0.5, 0.6) is 0 Å². The molecule has 2 amide bonds. The van der Waals surface area contributed by atoms with Gasteiger partial charge in [0.1, 0.15) is 5.82 Å². The normalized spacial score (nSPS) is 17.5. The molecule has 0 aliphatic carbocycles. The Kier molecular flexibility index (Phi) is 5.60. The summed E-state index contributed by atoms with van der Waals surface area (Å²) in [6, 6.07) is 1.90. The molecule has 1 aromatic carbocycles. The van der Waals surface area contributed by atoms with E-state index in [0.29, 0.717) is 24.1 Å². The number of aliphatic hydroxyl groups is 1. The average molecular weight is 390 g/mol. The van der Waals surface area contributed by atoms with Crippen molar-refractivity contribution in [3.63, 3.8) is 0 Å². The predicted octanol–water partition coefficient (Wildman–Crippen LogP) is 3.89. The molecule has 2 heterocycles. The number of nitrogens with one attached hydrogen (secondary N) is 1. The molecule has 0 saturated carbocycles. The van der Waals surface area contributed by atoms with Gasteiger partial charge in [0, 0.05) is 12.1 Å². The summed E-state index contributed by atoms with van der Waals surface area (Å²) in [5.74, 6) is -0.921. The first-order valence-electron chi connectivity index (χ1n) is 9.25. The lowest BCUT2D eigenvalue weighted by molar-refractivity contribution is -0.0174. The quantitative estimate of drug-likeness (QED) is 0.834. The van der Waals surface area contributed by atoms with Crippen molar-refractivity contribution < 1.29 is 18.7 Å². The summed E-state index contributed by atoms with van der Waals surface area (Å²) in [6.45, 7) is 5.51. The third-order valence-corrected chi connectivity index (χ3v) is 5.00. The Balaban J connectivity index is 1.88. The van der Waals surface area contributed by atoms with E-state index in [1.54, 1.807) is 25.7 Å². The smallest absolute Gasteiger partial charge is 0.322 e. The monoisotopic (exact) mass is 390 g/mol. The summed E-state index contributed by atoms with van der Waals surface area (Å²) in [6.07, 6.45) is 4.49. The molecule has 0 radical (unpaired) electrons. The Morgan fingerprint density at radius 3 is 2.57 bits per heavy atom. The number of carbonyl (C=O) groups excluding carboxylic acids is 1. The van der Waals surface area contributed by atoms with E-state index in [1.165, 1.54) is 12.1 Å². The second-order valence-electron chi connectivity index (χ2n) is 7.66. The van der Waals surface area contributed by atoms with Gasteiger partial charge in [0.25, 0.3) is 0 Å². The highest BCUT2D eigenvalue weighted by molar-refractivity contribution is 5.90. The highest BCUT2D eigenvalue weighted by Crippen LogP contribution is 2.29. The number of rotatable bonds is 3. The molecular weight excluding hydrogens is 366 g/mol. The van der Waals surface area contributed by atoms with Crippen molar-refractivity contribution in [1.82, 2.24) is 14.9 Å². The number of hydrogen-bond donors (Lipinski definition) is 2. The Hall–Kier alpha value is -2.61. The molecule has 1 atom stereocenters. The van der Waals surface area contributed by atoms with Gasteiger partial charge in [-0.25, -0.2) is 23.5 Å². The number of amides is 2. The summed E-state index contributed by atoms with van der Waals surface area (Å²) >= 11 is 0. The number of urea groups is 1. The van der Waals surface area contributed by atoms with E-state index < -0.39 is 23.3 Å². The molecule has 1 aliphatic rings. The van der Waals surface area contributed by atoms with Crippen LogP contribution in [0.2, 0.25) is 0 Å². The van der Waals surface area contributed by atoms with Gasteiger partial charge in [0.05, 0.1) is 29.7 Å². The zero-order valence-corrected chi connectivity index (χ0v) is 16.2. The summed E-state index contributed by atoms with van der Waals surface area (Å²) in [5, 5.41) is 13.0. The zero-order valence-electron chi connectivity index (χ0n) is 16.2. The molecule has 28 heavy (non-hydrogen) atoms. The molecule has 2 aromatic rings. The van der Waals surface area contributed by atoms with Crippen molar-refractivity contribution in [3.8, 4) is 11.4 Å². The molecule has 1 unspecified atom stereocenters. The third-order valence-electron chi connectivity index (χ3n) is 5.00. The number of nitrogens with zero attached hydrogens (tertiary/aromatic N) is 3. The zero-order chi connectivity index (χ0) is 20.5. The average Bonchev–Trinajstić information content (AvgIpc) is 2.64. The third kappa shape index (κ3) is 4.27. The maximum Gasteiger partial charge on any atom is 0.322 e. The van der Waals surface area contributed by atoms with E-state index in [9.17, 15) is 18.7 Å². The van der Waals surface area contributed by atoms with Gasteiger partial charge in [-0.1, -0.05) is 0 Å². The number of hydrogen-bond acceptors (Lipinski definition) is 4. The predicted molar refractivity (Wildman–Crippen MR) is 102 cm³/mol. The molecule has 1 fully saturated rings. The minimum absolute atomic E-state index is 0.0152. The molecule has 8 heteroatoms. The summed E-state index contributed by atoms with van der Waals surface area (Å²) in [4.78, 5) is 22.2. The number of anilines is 1. The van der Waals surface area contributed by atoms with Gasteiger partial charge in [-0.15, -0.1) is 0 Å². The van der Waals surface area contributed by atoms with E-state index >= 15 is 0 Å². The number of aryl methyl sites for hydroxylation is 1. The lowest BCUT2D eigenvalue weighted by Gasteiger charge is -2.42. The first-order chi connectivity index (χ1) is 13.2. The molecule has 1 saturated heterocycles. The van der Waals surface area contributed by atoms with Gasteiger partial charge in [-0.05, 0) is 57.7 Å².